The predicted molar refractivity (Wildman–Crippen MR) is 79.5 cm³/mol. The van der Waals surface area contributed by atoms with Crippen LogP contribution in [-0.4, -0.2) is 17.4 Å². The summed E-state index contributed by atoms with van der Waals surface area (Å²) < 4.78 is 0. The maximum atomic E-state index is 11.7. The molecule has 4 heteroatoms. The van der Waals surface area contributed by atoms with E-state index in [9.17, 15) is 4.79 Å². The van der Waals surface area contributed by atoms with Gasteiger partial charge in [0.05, 0.1) is 5.56 Å². The second kappa shape index (κ2) is 8.92. The Kier molecular flexibility index (Phi) is 7.49. The molecule has 0 radical (unpaired) electrons. The smallest absolute Gasteiger partial charge is 0.252 e. The highest BCUT2D eigenvalue weighted by Crippen LogP contribution is 2.09. The predicted octanol–water partition coefficient (Wildman–Crippen LogP) is 4.07. The molecule has 1 rings (SSSR count). The van der Waals surface area contributed by atoms with Gasteiger partial charge in [0.1, 0.15) is 5.15 Å². The lowest BCUT2D eigenvalue weighted by Crippen LogP contribution is -2.24. The van der Waals surface area contributed by atoms with Crippen LogP contribution >= 0.6 is 11.6 Å². The van der Waals surface area contributed by atoms with Crippen LogP contribution in [0.3, 0.4) is 0 Å². The van der Waals surface area contributed by atoms with Crippen LogP contribution in [-0.2, 0) is 0 Å². The fourth-order valence-electron chi connectivity index (χ4n) is 1.85. The Morgan fingerprint density at radius 1 is 1.26 bits per heavy atom. The lowest BCUT2D eigenvalue weighted by Gasteiger charge is -2.06. The zero-order valence-corrected chi connectivity index (χ0v) is 12.5. The molecule has 0 saturated heterocycles. The number of amides is 1. The zero-order chi connectivity index (χ0) is 14.1. The van der Waals surface area contributed by atoms with E-state index >= 15 is 0 Å². The summed E-state index contributed by atoms with van der Waals surface area (Å²) in [6, 6.07) is 3.32. The minimum Gasteiger partial charge on any atom is -0.352 e. The summed E-state index contributed by atoms with van der Waals surface area (Å²) in [5.74, 6) is 0.712. The molecule has 3 nitrogen and oxygen atoms in total. The Morgan fingerprint density at radius 3 is 2.63 bits per heavy atom. The van der Waals surface area contributed by atoms with Gasteiger partial charge in [-0.05, 0) is 24.5 Å². The first-order valence-electron chi connectivity index (χ1n) is 6.99. The SMILES string of the molecule is CC(C)CCCCCCNC(=O)c1ccc(Cl)nc1. The zero-order valence-electron chi connectivity index (χ0n) is 11.8. The van der Waals surface area contributed by atoms with Crippen molar-refractivity contribution in [1.29, 1.82) is 0 Å². The van der Waals surface area contributed by atoms with Crippen molar-refractivity contribution in [3.8, 4) is 0 Å². The number of unbranched alkanes of at least 4 members (excludes halogenated alkanes) is 3. The summed E-state index contributed by atoms with van der Waals surface area (Å²) in [7, 11) is 0. The average molecular weight is 283 g/mol. The summed E-state index contributed by atoms with van der Waals surface area (Å²) in [4.78, 5) is 15.6. The van der Waals surface area contributed by atoms with Crippen molar-refractivity contribution in [2.45, 2.75) is 46.0 Å². The molecule has 0 aromatic carbocycles. The number of hydrogen-bond acceptors (Lipinski definition) is 2. The molecule has 0 unspecified atom stereocenters. The van der Waals surface area contributed by atoms with Crippen molar-refractivity contribution in [1.82, 2.24) is 10.3 Å². The third kappa shape index (κ3) is 7.16. The molecule has 1 N–H and O–H groups in total. The number of hydrogen-bond donors (Lipinski definition) is 1. The van der Waals surface area contributed by atoms with Crippen LogP contribution in [0, 0.1) is 5.92 Å². The Bertz CT molecular complexity index is 376. The van der Waals surface area contributed by atoms with Gasteiger partial charge in [0.15, 0.2) is 0 Å². The van der Waals surface area contributed by atoms with E-state index in [-0.39, 0.29) is 5.91 Å². The molecule has 0 aliphatic heterocycles. The lowest BCUT2D eigenvalue weighted by atomic mass is 10.0. The van der Waals surface area contributed by atoms with E-state index in [1.54, 1.807) is 12.1 Å². The molecule has 0 aliphatic rings. The minimum atomic E-state index is -0.0775. The molecule has 1 heterocycles. The van der Waals surface area contributed by atoms with Crippen LogP contribution in [0.15, 0.2) is 18.3 Å². The van der Waals surface area contributed by atoms with Crippen LogP contribution in [0.1, 0.15) is 56.3 Å². The molecule has 0 spiro atoms. The van der Waals surface area contributed by atoms with E-state index in [2.05, 4.69) is 24.1 Å². The first-order chi connectivity index (χ1) is 9.09. The van der Waals surface area contributed by atoms with Crippen molar-refractivity contribution in [3.05, 3.63) is 29.0 Å². The van der Waals surface area contributed by atoms with Gasteiger partial charge < -0.3 is 5.32 Å². The Labute approximate surface area is 120 Å². The van der Waals surface area contributed by atoms with Gasteiger partial charge in [-0.25, -0.2) is 4.98 Å². The second-order valence-corrected chi connectivity index (χ2v) is 5.61. The normalized spacial score (nSPS) is 10.7. The number of carbonyl (C=O) groups is 1. The number of halogens is 1. The van der Waals surface area contributed by atoms with E-state index in [1.807, 2.05) is 0 Å². The number of nitrogens with one attached hydrogen (secondary N) is 1. The van der Waals surface area contributed by atoms with E-state index in [1.165, 1.54) is 31.9 Å². The van der Waals surface area contributed by atoms with Crippen molar-refractivity contribution < 1.29 is 4.79 Å². The quantitative estimate of drug-likeness (QED) is 0.577. The van der Waals surface area contributed by atoms with E-state index in [4.69, 9.17) is 11.6 Å². The first kappa shape index (κ1) is 16.0. The highest BCUT2D eigenvalue weighted by atomic mass is 35.5. The summed E-state index contributed by atoms with van der Waals surface area (Å²) in [5.41, 5.74) is 0.559. The monoisotopic (exact) mass is 282 g/mol. The highest BCUT2D eigenvalue weighted by Gasteiger charge is 2.04. The molecule has 1 aromatic heterocycles. The molecule has 0 fully saturated rings. The minimum absolute atomic E-state index is 0.0775. The van der Waals surface area contributed by atoms with Crippen LogP contribution in [0.4, 0.5) is 0 Å². The van der Waals surface area contributed by atoms with Crippen molar-refractivity contribution in [2.75, 3.05) is 6.54 Å². The molecule has 0 aliphatic carbocycles. The van der Waals surface area contributed by atoms with Gasteiger partial charge in [-0.1, -0.05) is 51.1 Å². The fourth-order valence-corrected chi connectivity index (χ4v) is 1.96. The largest absolute Gasteiger partial charge is 0.352 e. The molecule has 0 saturated carbocycles. The molecule has 1 aromatic rings. The van der Waals surface area contributed by atoms with Gasteiger partial charge >= 0.3 is 0 Å². The number of aromatic nitrogens is 1. The van der Waals surface area contributed by atoms with Crippen molar-refractivity contribution in [2.24, 2.45) is 5.92 Å². The molecule has 19 heavy (non-hydrogen) atoms. The van der Waals surface area contributed by atoms with Crippen LogP contribution in [0.25, 0.3) is 0 Å². The van der Waals surface area contributed by atoms with Crippen LogP contribution < -0.4 is 5.32 Å². The Hall–Kier alpha value is -1.09. The van der Waals surface area contributed by atoms with Gasteiger partial charge in [-0.2, -0.15) is 0 Å². The maximum absolute atomic E-state index is 11.7. The highest BCUT2D eigenvalue weighted by molar-refractivity contribution is 6.29. The fraction of sp³-hybridized carbons (Fsp3) is 0.600. The maximum Gasteiger partial charge on any atom is 0.252 e. The van der Waals surface area contributed by atoms with Gasteiger partial charge in [-0.3, -0.25) is 4.79 Å². The number of pyridine rings is 1. The second-order valence-electron chi connectivity index (χ2n) is 5.22. The van der Waals surface area contributed by atoms with Gasteiger partial charge in [0, 0.05) is 12.7 Å². The lowest BCUT2D eigenvalue weighted by molar-refractivity contribution is 0.0952. The van der Waals surface area contributed by atoms with Gasteiger partial charge in [0.2, 0.25) is 0 Å². The average Bonchev–Trinajstić information content (AvgIpc) is 2.38. The summed E-state index contributed by atoms with van der Waals surface area (Å²) in [6.45, 7) is 5.23. The van der Waals surface area contributed by atoms with E-state index < -0.39 is 0 Å². The third-order valence-corrected chi connectivity index (χ3v) is 3.21. The molecular formula is C15H23ClN2O. The van der Waals surface area contributed by atoms with Crippen molar-refractivity contribution in [3.63, 3.8) is 0 Å². The number of carbonyl (C=O) groups excluding carboxylic acids is 1. The molecular weight excluding hydrogens is 260 g/mol. The Morgan fingerprint density at radius 2 is 2.00 bits per heavy atom. The number of nitrogens with zero attached hydrogens (tertiary/aromatic N) is 1. The van der Waals surface area contributed by atoms with Gasteiger partial charge in [0.25, 0.3) is 5.91 Å². The summed E-state index contributed by atoms with van der Waals surface area (Å²) in [6.07, 6.45) is 7.53. The third-order valence-electron chi connectivity index (χ3n) is 2.98. The van der Waals surface area contributed by atoms with E-state index in [0.29, 0.717) is 10.7 Å². The summed E-state index contributed by atoms with van der Waals surface area (Å²) in [5, 5.41) is 3.30. The molecule has 0 atom stereocenters. The van der Waals surface area contributed by atoms with Crippen molar-refractivity contribution >= 4 is 17.5 Å². The van der Waals surface area contributed by atoms with Gasteiger partial charge in [-0.15, -0.1) is 0 Å². The van der Waals surface area contributed by atoms with Crippen LogP contribution in [0.2, 0.25) is 5.15 Å². The Balaban J connectivity index is 2.09. The molecule has 1 amide bonds. The summed E-state index contributed by atoms with van der Waals surface area (Å²) >= 11 is 5.67. The molecule has 0 bridgehead atoms. The number of rotatable bonds is 8. The van der Waals surface area contributed by atoms with E-state index in [0.717, 1.165) is 18.9 Å². The topological polar surface area (TPSA) is 42.0 Å². The standard InChI is InChI=1S/C15H23ClN2O/c1-12(2)7-5-3-4-6-10-17-15(19)13-8-9-14(16)18-11-13/h8-9,11-12H,3-7,10H2,1-2H3,(H,17,19). The van der Waals surface area contributed by atoms with Crippen LogP contribution in [0.5, 0.6) is 0 Å². The first-order valence-corrected chi connectivity index (χ1v) is 7.37. The molecule has 106 valence electrons.